The lowest BCUT2D eigenvalue weighted by Gasteiger charge is -2.18. The fraction of sp³-hybridized carbons (Fsp3) is 0.690. The third-order valence-electron chi connectivity index (χ3n) is 5.36. The number of ether oxygens (including phenoxy) is 3. The summed E-state index contributed by atoms with van der Waals surface area (Å²) in [6, 6.07) is 0. The molecule has 0 aliphatic rings. The molecular formula is C29H50N2O6. The van der Waals surface area contributed by atoms with Crippen LogP contribution in [0.5, 0.6) is 0 Å². The van der Waals surface area contributed by atoms with Crippen molar-refractivity contribution in [2.75, 3.05) is 26.3 Å². The average molecular weight is 523 g/mol. The second kappa shape index (κ2) is 26.6. The minimum atomic E-state index is -0.836. The smallest absolute Gasteiger partial charge is 0.306 e. The highest BCUT2D eigenvalue weighted by Crippen LogP contribution is 2.09. The van der Waals surface area contributed by atoms with Gasteiger partial charge in [-0.25, -0.2) is 0 Å². The number of rotatable bonds is 24. The number of nitrogens with two attached hydrogens (primary N) is 2. The van der Waals surface area contributed by atoms with Crippen LogP contribution in [0.15, 0.2) is 36.5 Å². The van der Waals surface area contributed by atoms with E-state index in [4.69, 9.17) is 25.7 Å². The van der Waals surface area contributed by atoms with Crippen LogP contribution in [0.3, 0.4) is 0 Å². The van der Waals surface area contributed by atoms with Crippen LogP contribution in [0.1, 0.15) is 96.8 Å². The quantitative estimate of drug-likeness (QED) is 0.0779. The second-order valence-corrected chi connectivity index (χ2v) is 8.86. The van der Waals surface area contributed by atoms with Gasteiger partial charge in [0, 0.05) is 19.3 Å². The van der Waals surface area contributed by atoms with Gasteiger partial charge in [0.25, 0.3) is 0 Å². The molecule has 0 saturated heterocycles. The summed E-state index contributed by atoms with van der Waals surface area (Å²) in [6.07, 6.45) is 23.2. The fourth-order valence-electron chi connectivity index (χ4n) is 3.26. The van der Waals surface area contributed by atoms with Crippen LogP contribution in [0.2, 0.25) is 0 Å². The Morgan fingerprint density at radius 3 is 1.70 bits per heavy atom. The number of hydrogen-bond acceptors (Lipinski definition) is 8. The first kappa shape index (κ1) is 34.6. The molecule has 1 unspecified atom stereocenters. The van der Waals surface area contributed by atoms with Crippen LogP contribution in [0, 0.1) is 0 Å². The SMILES string of the molecule is CC/C=C\C/C=C\C/C=C\CCCCCCCC(=O)OCC(COC(=O)CCCN)OC(=O)CCCN. The summed E-state index contributed by atoms with van der Waals surface area (Å²) in [7, 11) is 0. The number of hydrogen-bond donors (Lipinski definition) is 2. The summed E-state index contributed by atoms with van der Waals surface area (Å²) in [6.45, 7) is 2.59. The Balaban J connectivity index is 4.01. The molecule has 1 atom stereocenters. The Hall–Kier alpha value is -2.45. The predicted molar refractivity (Wildman–Crippen MR) is 148 cm³/mol. The largest absolute Gasteiger partial charge is 0.462 e. The Kier molecular flexibility index (Phi) is 24.8. The number of esters is 3. The molecule has 212 valence electrons. The van der Waals surface area contributed by atoms with Crippen molar-refractivity contribution in [2.24, 2.45) is 11.5 Å². The number of allylic oxidation sites excluding steroid dienone is 6. The van der Waals surface area contributed by atoms with Crippen molar-refractivity contribution in [1.82, 2.24) is 0 Å². The number of carbonyl (C=O) groups excluding carboxylic acids is 3. The van der Waals surface area contributed by atoms with Gasteiger partial charge >= 0.3 is 17.9 Å². The average Bonchev–Trinajstić information content (AvgIpc) is 2.89. The maximum Gasteiger partial charge on any atom is 0.306 e. The molecule has 8 nitrogen and oxygen atoms in total. The van der Waals surface area contributed by atoms with E-state index >= 15 is 0 Å². The highest BCUT2D eigenvalue weighted by molar-refractivity contribution is 5.71. The van der Waals surface area contributed by atoms with Gasteiger partial charge in [-0.1, -0.05) is 62.6 Å². The Bertz CT molecular complexity index is 675. The van der Waals surface area contributed by atoms with Crippen molar-refractivity contribution in [3.05, 3.63) is 36.5 Å². The molecule has 0 radical (unpaired) electrons. The molecule has 8 heteroatoms. The summed E-state index contributed by atoms with van der Waals surface area (Å²) in [5.41, 5.74) is 10.8. The maximum absolute atomic E-state index is 12.1. The first-order valence-corrected chi connectivity index (χ1v) is 13.9. The minimum Gasteiger partial charge on any atom is -0.462 e. The van der Waals surface area contributed by atoms with E-state index in [0.717, 1.165) is 57.8 Å². The van der Waals surface area contributed by atoms with E-state index in [-0.39, 0.29) is 32.0 Å². The van der Waals surface area contributed by atoms with Gasteiger partial charge in [0.15, 0.2) is 6.10 Å². The monoisotopic (exact) mass is 522 g/mol. The van der Waals surface area contributed by atoms with Crippen molar-refractivity contribution in [3.63, 3.8) is 0 Å². The molecule has 0 fully saturated rings. The van der Waals surface area contributed by atoms with E-state index in [0.29, 0.717) is 32.4 Å². The van der Waals surface area contributed by atoms with E-state index in [2.05, 4.69) is 43.4 Å². The van der Waals surface area contributed by atoms with Crippen molar-refractivity contribution in [3.8, 4) is 0 Å². The first-order valence-electron chi connectivity index (χ1n) is 13.9. The zero-order chi connectivity index (χ0) is 27.4. The molecule has 4 N–H and O–H groups in total. The summed E-state index contributed by atoms with van der Waals surface area (Å²) < 4.78 is 15.7. The van der Waals surface area contributed by atoms with Gasteiger partial charge in [0.2, 0.25) is 0 Å². The van der Waals surface area contributed by atoms with Gasteiger partial charge in [-0.2, -0.15) is 0 Å². The molecule has 0 spiro atoms. The Labute approximate surface area is 223 Å². The van der Waals surface area contributed by atoms with E-state index < -0.39 is 18.0 Å². The molecule has 0 aromatic rings. The zero-order valence-electron chi connectivity index (χ0n) is 22.9. The number of unbranched alkanes of at least 4 members (excludes halogenated alkanes) is 5. The van der Waals surface area contributed by atoms with Crippen LogP contribution in [0.25, 0.3) is 0 Å². The normalized spacial score (nSPS) is 12.4. The third-order valence-corrected chi connectivity index (χ3v) is 5.36. The summed E-state index contributed by atoms with van der Waals surface area (Å²) in [5.74, 6) is -1.24. The van der Waals surface area contributed by atoms with Gasteiger partial charge in [-0.05, 0) is 64.5 Å². The van der Waals surface area contributed by atoms with E-state index in [1.165, 1.54) is 0 Å². The summed E-state index contributed by atoms with van der Waals surface area (Å²) >= 11 is 0. The standard InChI is InChI=1S/C29H50N2O6/c1-2-3-4-5-6-7-8-9-10-11-12-13-14-15-16-19-27(32)35-24-26(37-29(34)21-18-23-31)25-36-28(33)20-17-22-30/h3-4,6-7,9-10,26H,2,5,8,11-25,30-31H2,1H3/b4-3-,7-6-,10-9-. The van der Waals surface area contributed by atoms with Crippen molar-refractivity contribution >= 4 is 17.9 Å². The van der Waals surface area contributed by atoms with Gasteiger partial charge in [0.1, 0.15) is 13.2 Å². The molecule has 0 saturated carbocycles. The molecular weight excluding hydrogens is 472 g/mol. The van der Waals surface area contributed by atoms with Crippen LogP contribution in [-0.4, -0.2) is 50.3 Å². The van der Waals surface area contributed by atoms with Crippen LogP contribution < -0.4 is 11.5 Å². The molecule has 0 rings (SSSR count). The minimum absolute atomic E-state index is 0.145. The molecule has 0 aliphatic carbocycles. The lowest BCUT2D eigenvalue weighted by molar-refractivity contribution is -0.166. The van der Waals surface area contributed by atoms with E-state index in [9.17, 15) is 14.4 Å². The number of carbonyl (C=O) groups is 3. The van der Waals surface area contributed by atoms with Crippen molar-refractivity contribution in [2.45, 2.75) is 103 Å². The lowest BCUT2D eigenvalue weighted by Crippen LogP contribution is -2.31. The van der Waals surface area contributed by atoms with Gasteiger partial charge in [0.05, 0.1) is 0 Å². The molecule has 0 bridgehead atoms. The van der Waals surface area contributed by atoms with Crippen LogP contribution in [-0.2, 0) is 28.6 Å². The zero-order valence-corrected chi connectivity index (χ0v) is 22.9. The van der Waals surface area contributed by atoms with Gasteiger partial charge < -0.3 is 25.7 Å². The highest BCUT2D eigenvalue weighted by Gasteiger charge is 2.19. The predicted octanol–water partition coefficient (Wildman–Crippen LogP) is 5.05. The Morgan fingerprint density at radius 1 is 0.622 bits per heavy atom. The molecule has 0 amide bonds. The third kappa shape index (κ3) is 25.0. The maximum atomic E-state index is 12.1. The van der Waals surface area contributed by atoms with Gasteiger partial charge in [-0.15, -0.1) is 0 Å². The lowest BCUT2D eigenvalue weighted by atomic mass is 10.1. The van der Waals surface area contributed by atoms with Crippen LogP contribution >= 0.6 is 0 Å². The second-order valence-electron chi connectivity index (χ2n) is 8.86. The molecule has 0 heterocycles. The topological polar surface area (TPSA) is 131 Å². The molecule has 0 aromatic carbocycles. The first-order chi connectivity index (χ1) is 18.0. The van der Waals surface area contributed by atoms with Crippen molar-refractivity contribution < 1.29 is 28.6 Å². The van der Waals surface area contributed by atoms with Crippen molar-refractivity contribution in [1.29, 1.82) is 0 Å². The fourth-order valence-corrected chi connectivity index (χ4v) is 3.26. The molecule has 0 aliphatic heterocycles. The van der Waals surface area contributed by atoms with Crippen LogP contribution in [0.4, 0.5) is 0 Å². The highest BCUT2D eigenvalue weighted by atomic mass is 16.6. The molecule has 0 aromatic heterocycles. The Morgan fingerprint density at radius 2 is 1.11 bits per heavy atom. The summed E-state index contributed by atoms with van der Waals surface area (Å²) in [4.78, 5) is 35.7. The van der Waals surface area contributed by atoms with Gasteiger partial charge in [-0.3, -0.25) is 14.4 Å². The van der Waals surface area contributed by atoms with E-state index in [1.807, 2.05) is 0 Å². The van der Waals surface area contributed by atoms with E-state index in [1.54, 1.807) is 0 Å². The summed E-state index contributed by atoms with van der Waals surface area (Å²) in [5, 5.41) is 0. The molecule has 37 heavy (non-hydrogen) atoms.